The third-order valence-electron chi connectivity index (χ3n) is 2.71. The summed E-state index contributed by atoms with van der Waals surface area (Å²) in [6.07, 6.45) is 4.43. The molecular weight excluding hydrogens is 264 g/mol. The maximum Gasteiger partial charge on any atom is 0.0627 e. The standard InChI is InChI=1S/C13H23BrN2/c1-10(2)7-12(9-14)8-13-5-6-16(15-13)11(3)4/h5-6,10-12H,7-9H2,1-4H3. The van der Waals surface area contributed by atoms with Crippen molar-refractivity contribution in [1.82, 2.24) is 9.78 Å². The van der Waals surface area contributed by atoms with Gasteiger partial charge < -0.3 is 0 Å². The molecule has 1 aromatic rings. The average molecular weight is 287 g/mol. The van der Waals surface area contributed by atoms with E-state index in [0.717, 1.165) is 17.7 Å². The Labute approximate surface area is 108 Å². The normalized spacial score (nSPS) is 13.7. The summed E-state index contributed by atoms with van der Waals surface area (Å²) < 4.78 is 2.04. The Balaban J connectivity index is 2.56. The molecule has 0 saturated heterocycles. The average Bonchev–Trinajstić information content (AvgIpc) is 2.64. The molecule has 2 nitrogen and oxygen atoms in total. The zero-order chi connectivity index (χ0) is 12.1. The summed E-state index contributed by atoms with van der Waals surface area (Å²) in [5, 5.41) is 5.67. The minimum absolute atomic E-state index is 0.460. The molecule has 0 bridgehead atoms. The maximum absolute atomic E-state index is 4.60. The highest BCUT2D eigenvalue weighted by atomic mass is 79.9. The van der Waals surface area contributed by atoms with Gasteiger partial charge in [0.25, 0.3) is 0 Å². The molecule has 0 fully saturated rings. The predicted octanol–water partition coefficient (Wildman–Crippen LogP) is 4.06. The Morgan fingerprint density at radius 1 is 1.31 bits per heavy atom. The van der Waals surface area contributed by atoms with Crippen LogP contribution in [0.1, 0.15) is 45.9 Å². The van der Waals surface area contributed by atoms with Crippen LogP contribution in [-0.4, -0.2) is 15.1 Å². The molecule has 0 spiro atoms. The fourth-order valence-corrected chi connectivity index (χ4v) is 2.43. The van der Waals surface area contributed by atoms with Crippen molar-refractivity contribution in [2.45, 2.75) is 46.6 Å². The Morgan fingerprint density at radius 2 is 2.00 bits per heavy atom. The van der Waals surface area contributed by atoms with E-state index in [2.05, 4.69) is 61.0 Å². The van der Waals surface area contributed by atoms with Crippen LogP contribution in [-0.2, 0) is 6.42 Å². The lowest BCUT2D eigenvalue weighted by Gasteiger charge is -2.15. The predicted molar refractivity (Wildman–Crippen MR) is 73.1 cm³/mol. The van der Waals surface area contributed by atoms with Gasteiger partial charge in [-0.3, -0.25) is 4.68 Å². The first-order chi connectivity index (χ1) is 7.52. The topological polar surface area (TPSA) is 17.8 Å². The third kappa shape index (κ3) is 4.28. The van der Waals surface area contributed by atoms with E-state index in [0.29, 0.717) is 12.0 Å². The SMILES string of the molecule is CC(C)CC(CBr)Cc1ccn(C(C)C)n1. The minimum Gasteiger partial charge on any atom is -0.270 e. The summed E-state index contributed by atoms with van der Waals surface area (Å²) in [5.74, 6) is 1.46. The van der Waals surface area contributed by atoms with Gasteiger partial charge in [0.1, 0.15) is 0 Å². The van der Waals surface area contributed by atoms with Gasteiger partial charge in [-0.05, 0) is 44.6 Å². The molecule has 3 heteroatoms. The van der Waals surface area contributed by atoms with Crippen molar-refractivity contribution in [3.8, 4) is 0 Å². The van der Waals surface area contributed by atoms with E-state index < -0.39 is 0 Å². The van der Waals surface area contributed by atoms with Crippen LogP contribution in [0.5, 0.6) is 0 Å². The molecule has 1 heterocycles. The Morgan fingerprint density at radius 3 is 2.44 bits per heavy atom. The Bertz CT molecular complexity index is 305. The van der Waals surface area contributed by atoms with Crippen LogP contribution >= 0.6 is 15.9 Å². The van der Waals surface area contributed by atoms with Gasteiger partial charge in [-0.15, -0.1) is 0 Å². The van der Waals surface area contributed by atoms with Gasteiger partial charge in [0, 0.05) is 17.6 Å². The highest BCUT2D eigenvalue weighted by molar-refractivity contribution is 9.09. The first-order valence-corrected chi connectivity index (χ1v) is 7.25. The minimum atomic E-state index is 0.460. The zero-order valence-corrected chi connectivity index (χ0v) is 12.4. The van der Waals surface area contributed by atoms with Crippen LogP contribution in [0.3, 0.4) is 0 Å². The number of nitrogens with zero attached hydrogens (tertiary/aromatic N) is 2. The van der Waals surface area contributed by atoms with Crippen LogP contribution in [0.4, 0.5) is 0 Å². The summed E-state index contributed by atoms with van der Waals surface area (Å²) >= 11 is 3.60. The molecule has 0 saturated carbocycles. The summed E-state index contributed by atoms with van der Waals surface area (Å²) in [5.41, 5.74) is 1.22. The van der Waals surface area contributed by atoms with E-state index in [1.807, 2.05) is 4.68 Å². The molecule has 1 atom stereocenters. The zero-order valence-electron chi connectivity index (χ0n) is 10.8. The van der Waals surface area contributed by atoms with E-state index in [9.17, 15) is 0 Å². The van der Waals surface area contributed by atoms with Gasteiger partial charge in [-0.2, -0.15) is 5.10 Å². The molecule has 92 valence electrons. The van der Waals surface area contributed by atoms with Gasteiger partial charge in [-0.1, -0.05) is 29.8 Å². The number of hydrogen-bond acceptors (Lipinski definition) is 1. The molecule has 0 amide bonds. The van der Waals surface area contributed by atoms with Crippen molar-refractivity contribution < 1.29 is 0 Å². The number of hydrogen-bond donors (Lipinski definition) is 0. The quantitative estimate of drug-likeness (QED) is 0.721. The lowest BCUT2D eigenvalue weighted by molar-refractivity contribution is 0.436. The monoisotopic (exact) mass is 286 g/mol. The van der Waals surface area contributed by atoms with Crippen molar-refractivity contribution in [3.05, 3.63) is 18.0 Å². The molecule has 1 aromatic heterocycles. The molecule has 1 rings (SSSR count). The van der Waals surface area contributed by atoms with Gasteiger partial charge in [0.05, 0.1) is 5.69 Å². The highest BCUT2D eigenvalue weighted by Gasteiger charge is 2.12. The number of aromatic nitrogens is 2. The summed E-state index contributed by atoms with van der Waals surface area (Å²) in [7, 11) is 0. The van der Waals surface area contributed by atoms with Crippen molar-refractivity contribution in [2.24, 2.45) is 11.8 Å². The second-order valence-corrected chi connectivity index (χ2v) is 5.88. The number of alkyl halides is 1. The lowest BCUT2D eigenvalue weighted by atomic mass is 9.95. The largest absolute Gasteiger partial charge is 0.270 e. The van der Waals surface area contributed by atoms with Crippen molar-refractivity contribution in [1.29, 1.82) is 0 Å². The van der Waals surface area contributed by atoms with E-state index in [1.165, 1.54) is 12.1 Å². The smallest absolute Gasteiger partial charge is 0.0627 e. The van der Waals surface area contributed by atoms with Crippen molar-refractivity contribution in [2.75, 3.05) is 5.33 Å². The Kier molecular flexibility index (Phi) is 5.53. The first-order valence-electron chi connectivity index (χ1n) is 6.13. The van der Waals surface area contributed by atoms with Crippen LogP contribution in [0.25, 0.3) is 0 Å². The lowest BCUT2D eigenvalue weighted by Crippen LogP contribution is -2.10. The van der Waals surface area contributed by atoms with Gasteiger partial charge in [-0.25, -0.2) is 0 Å². The molecule has 16 heavy (non-hydrogen) atoms. The van der Waals surface area contributed by atoms with Crippen molar-refractivity contribution in [3.63, 3.8) is 0 Å². The summed E-state index contributed by atoms with van der Waals surface area (Å²) in [6, 6.07) is 2.61. The second kappa shape index (κ2) is 6.43. The molecule has 1 unspecified atom stereocenters. The van der Waals surface area contributed by atoms with E-state index in [1.54, 1.807) is 0 Å². The molecule has 0 aliphatic heterocycles. The van der Waals surface area contributed by atoms with Crippen LogP contribution in [0.15, 0.2) is 12.3 Å². The second-order valence-electron chi connectivity index (χ2n) is 5.23. The molecule has 0 aromatic carbocycles. The Hall–Kier alpha value is -0.310. The van der Waals surface area contributed by atoms with E-state index in [-0.39, 0.29) is 0 Å². The van der Waals surface area contributed by atoms with Gasteiger partial charge in [0.2, 0.25) is 0 Å². The molecule has 0 N–H and O–H groups in total. The maximum atomic E-state index is 4.60. The molecule has 0 aliphatic carbocycles. The summed E-state index contributed by atoms with van der Waals surface area (Å²) in [6.45, 7) is 8.88. The summed E-state index contributed by atoms with van der Waals surface area (Å²) in [4.78, 5) is 0. The van der Waals surface area contributed by atoms with Crippen LogP contribution < -0.4 is 0 Å². The first kappa shape index (κ1) is 13.8. The van der Waals surface area contributed by atoms with Gasteiger partial charge in [0.15, 0.2) is 0 Å². The number of halogens is 1. The van der Waals surface area contributed by atoms with Crippen LogP contribution in [0.2, 0.25) is 0 Å². The fourth-order valence-electron chi connectivity index (χ4n) is 1.94. The highest BCUT2D eigenvalue weighted by Crippen LogP contribution is 2.19. The van der Waals surface area contributed by atoms with Gasteiger partial charge >= 0.3 is 0 Å². The molecule has 0 radical (unpaired) electrons. The van der Waals surface area contributed by atoms with Crippen molar-refractivity contribution >= 4 is 15.9 Å². The fraction of sp³-hybridized carbons (Fsp3) is 0.769. The molecular formula is C13H23BrN2. The molecule has 0 aliphatic rings. The van der Waals surface area contributed by atoms with Crippen LogP contribution in [0, 0.1) is 11.8 Å². The third-order valence-corrected chi connectivity index (χ3v) is 3.63. The van der Waals surface area contributed by atoms with E-state index in [4.69, 9.17) is 0 Å². The number of rotatable bonds is 6. The van der Waals surface area contributed by atoms with E-state index >= 15 is 0 Å².